The molecule has 0 aromatic heterocycles. The molecule has 2 aromatic rings. The van der Waals surface area contributed by atoms with Crippen LogP contribution in [0.1, 0.15) is 24.0 Å². The van der Waals surface area contributed by atoms with Gasteiger partial charge >= 0.3 is 11.9 Å². The van der Waals surface area contributed by atoms with Crippen molar-refractivity contribution in [1.82, 2.24) is 0 Å². The molecule has 0 bridgehead atoms. The van der Waals surface area contributed by atoms with Crippen molar-refractivity contribution in [2.75, 3.05) is 13.2 Å². The van der Waals surface area contributed by atoms with Crippen LogP contribution in [-0.4, -0.2) is 30.9 Å². The molecule has 1 spiro atoms. The van der Waals surface area contributed by atoms with E-state index in [1.54, 1.807) is 0 Å². The van der Waals surface area contributed by atoms with E-state index < -0.39 is 29.6 Å². The van der Waals surface area contributed by atoms with E-state index in [0.717, 1.165) is 11.1 Å². The van der Waals surface area contributed by atoms with Gasteiger partial charge in [0.2, 0.25) is 0 Å². The maximum Gasteiger partial charge on any atom is 0.310 e. The molecule has 6 nitrogen and oxygen atoms in total. The Morgan fingerprint density at radius 1 is 0.759 bits per heavy atom. The first kappa shape index (κ1) is 19.6. The molecule has 2 aliphatic rings. The van der Waals surface area contributed by atoms with Crippen molar-refractivity contribution in [3.8, 4) is 0 Å². The molecular formula is C23H24O6. The van der Waals surface area contributed by atoms with Crippen LogP contribution in [0.2, 0.25) is 0 Å². The monoisotopic (exact) mass is 396 g/mol. The fraction of sp³-hybridized carbons (Fsp3) is 0.391. The lowest BCUT2D eigenvalue weighted by Gasteiger charge is -2.21. The van der Waals surface area contributed by atoms with Crippen LogP contribution in [0, 0.1) is 11.8 Å². The highest BCUT2D eigenvalue weighted by atomic mass is 16.7. The number of rotatable bonds is 6. The predicted molar refractivity (Wildman–Crippen MR) is 103 cm³/mol. The summed E-state index contributed by atoms with van der Waals surface area (Å²) in [5, 5.41) is 0. The number of hydrogen-bond donors (Lipinski definition) is 0. The van der Waals surface area contributed by atoms with Gasteiger partial charge in [0, 0.05) is 12.8 Å². The Labute approximate surface area is 169 Å². The number of ether oxygens (including phenoxy) is 4. The van der Waals surface area contributed by atoms with Gasteiger partial charge in [0.1, 0.15) is 13.2 Å². The van der Waals surface area contributed by atoms with Gasteiger partial charge in [-0.25, -0.2) is 0 Å². The van der Waals surface area contributed by atoms with E-state index in [1.807, 2.05) is 60.7 Å². The Balaban J connectivity index is 1.42. The van der Waals surface area contributed by atoms with Crippen molar-refractivity contribution in [3.05, 3.63) is 71.8 Å². The molecule has 1 heterocycles. The predicted octanol–water partition coefficient (Wildman–Crippen LogP) is 3.24. The quantitative estimate of drug-likeness (QED) is 0.698. The molecule has 0 unspecified atom stereocenters. The second kappa shape index (κ2) is 8.76. The first-order valence-corrected chi connectivity index (χ1v) is 9.84. The minimum Gasteiger partial charge on any atom is -0.461 e. The fourth-order valence-electron chi connectivity index (χ4n) is 3.94. The van der Waals surface area contributed by atoms with Gasteiger partial charge in [0.25, 0.3) is 0 Å². The maximum atomic E-state index is 12.8. The van der Waals surface area contributed by atoms with Crippen LogP contribution < -0.4 is 0 Å². The second-order valence-electron chi connectivity index (χ2n) is 7.42. The Kier molecular flexibility index (Phi) is 5.92. The summed E-state index contributed by atoms with van der Waals surface area (Å²) in [4.78, 5) is 25.6. The molecule has 2 atom stereocenters. The van der Waals surface area contributed by atoms with E-state index >= 15 is 0 Å². The third kappa shape index (κ3) is 4.66. The summed E-state index contributed by atoms with van der Waals surface area (Å²) in [6.07, 6.45) is 0.595. The number of carbonyl (C=O) groups excluding carboxylic acids is 2. The van der Waals surface area contributed by atoms with E-state index in [9.17, 15) is 9.59 Å². The summed E-state index contributed by atoms with van der Waals surface area (Å²) in [5.74, 6) is -3.05. The van der Waals surface area contributed by atoms with Crippen LogP contribution in [0.15, 0.2) is 60.7 Å². The lowest BCUT2D eigenvalue weighted by atomic mass is 9.96. The third-order valence-electron chi connectivity index (χ3n) is 5.41. The molecule has 2 fully saturated rings. The van der Waals surface area contributed by atoms with E-state index in [-0.39, 0.29) is 13.2 Å². The van der Waals surface area contributed by atoms with Gasteiger partial charge in [-0.05, 0) is 11.1 Å². The number of esters is 2. The van der Waals surface area contributed by atoms with Gasteiger partial charge in [0.05, 0.1) is 25.0 Å². The van der Waals surface area contributed by atoms with Gasteiger partial charge < -0.3 is 18.9 Å². The Bertz CT molecular complexity index is 763. The van der Waals surface area contributed by atoms with E-state index in [2.05, 4.69) is 0 Å². The SMILES string of the molecule is O=C(OCc1ccccc1)[C@H]1CC2(C[C@H]1C(=O)OCc1ccccc1)OCCO2. The highest BCUT2D eigenvalue weighted by molar-refractivity contribution is 5.83. The zero-order valence-corrected chi connectivity index (χ0v) is 16.1. The molecule has 6 heteroatoms. The third-order valence-corrected chi connectivity index (χ3v) is 5.41. The van der Waals surface area contributed by atoms with Gasteiger partial charge in [-0.2, -0.15) is 0 Å². The van der Waals surface area contributed by atoms with Gasteiger partial charge in [-0.1, -0.05) is 60.7 Å². The average Bonchev–Trinajstić information content (AvgIpc) is 3.39. The molecule has 0 amide bonds. The smallest absolute Gasteiger partial charge is 0.310 e. The minimum atomic E-state index is -0.896. The van der Waals surface area contributed by atoms with Gasteiger partial charge in [-0.15, -0.1) is 0 Å². The van der Waals surface area contributed by atoms with Crippen LogP contribution in [-0.2, 0) is 41.8 Å². The molecule has 1 aliphatic heterocycles. The molecule has 0 N–H and O–H groups in total. The van der Waals surface area contributed by atoms with E-state index in [0.29, 0.717) is 26.1 Å². The molecule has 1 aliphatic carbocycles. The zero-order chi connectivity index (χ0) is 20.1. The van der Waals surface area contributed by atoms with Gasteiger partial charge in [-0.3, -0.25) is 9.59 Å². The van der Waals surface area contributed by atoms with Crippen LogP contribution in [0.5, 0.6) is 0 Å². The molecule has 4 rings (SSSR count). The Hall–Kier alpha value is -2.70. The molecule has 0 radical (unpaired) electrons. The zero-order valence-electron chi connectivity index (χ0n) is 16.1. The van der Waals surface area contributed by atoms with Crippen LogP contribution in [0.25, 0.3) is 0 Å². The average molecular weight is 396 g/mol. The number of hydrogen-bond acceptors (Lipinski definition) is 6. The Morgan fingerprint density at radius 2 is 1.17 bits per heavy atom. The van der Waals surface area contributed by atoms with E-state index in [1.165, 1.54) is 0 Å². The summed E-state index contributed by atoms with van der Waals surface area (Å²) in [6, 6.07) is 18.9. The summed E-state index contributed by atoms with van der Waals surface area (Å²) < 4.78 is 22.5. The van der Waals surface area contributed by atoms with Crippen LogP contribution in [0.3, 0.4) is 0 Å². The molecule has 152 valence electrons. The molecule has 1 saturated heterocycles. The van der Waals surface area contributed by atoms with E-state index in [4.69, 9.17) is 18.9 Å². The Morgan fingerprint density at radius 3 is 1.59 bits per heavy atom. The molecule has 2 aromatic carbocycles. The standard InChI is InChI=1S/C23H24O6/c24-21(26-15-17-7-3-1-4-8-17)19-13-23(28-11-12-29-23)14-20(19)22(25)27-16-18-9-5-2-6-10-18/h1-10,19-20H,11-16H2/t19-,20+. The van der Waals surface area contributed by atoms with Gasteiger partial charge in [0.15, 0.2) is 5.79 Å². The molecular weight excluding hydrogens is 372 g/mol. The normalized spacial score (nSPS) is 22.5. The number of carbonyl (C=O) groups is 2. The molecule has 1 saturated carbocycles. The summed E-state index contributed by atoms with van der Waals surface area (Å²) in [6.45, 7) is 1.24. The summed E-state index contributed by atoms with van der Waals surface area (Å²) >= 11 is 0. The second-order valence-corrected chi connectivity index (χ2v) is 7.42. The summed E-state index contributed by atoms with van der Waals surface area (Å²) in [7, 11) is 0. The number of benzene rings is 2. The van der Waals surface area contributed by atoms with Crippen LogP contribution in [0.4, 0.5) is 0 Å². The largest absolute Gasteiger partial charge is 0.461 e. The fourth-order valence-corrected chi connectivity index (χ4v) is 3.94. The summed E-state index contributed by atoms with van der Waals surface area (Å²) in [5.41, 5.74) is 1.79. The van der Waals surface area contributed by atoms with Crippen molar-refractivity contribution < 1.29 is 28.5 Å². The van der Waals surface area contributed by atoms with Crippen molar-refractivity contribution >= 4 is 11.9 Å². The first-order valence-electron chi connectivity index (χ1n) is 9.84. The van der Waals surface area contributed by atoms with Crippen molar-refractivity contribution in [2.45, 2.75) is 31.8 Å². The van der Waals surface area contributed by atoms with Crippen molar-refractivity contribution in [2.24, 2.45) is 11.8 Å². The van der Waals surface area contributed by atoms with Crippen molar-refractivity contribution in [3.63, 3.8) is 0 Å². The highest BCUT2D eigenvalue weighted by Crippen LogP contribution is 2.45. The van der Waals surface area contributed by atoms with Crippen molar-refractivity contribution in [1.29, 1.82) is 0 Å². The molecule has 29 heavy (non-hydrogen) atoms. The minimum absolute atomic E-state index is 0.163. The highest BCUT2D eigenvalue weighted by Gasteiger charge is 2.55. The first-order chi connectivity index (χ1) is 14.2. The maximum absolute atomic E-state index is 12.8. The topological polar surface area (TPSA) is 71.1 Å². The van der Waals surface area contributed by atoms with Crippen LogP contribution >= 0.6 is 0 Å². The lowest BCUT2D eigenvalue weighted by molar-refractivity contribution is -0.163. The lowest BCUT2D eigenvalue weighted by Crippen LogP contribution is -2.28.